The number of aryl methyl sites for hydroxylation is 1. The lowest BCUT2D eigenvalue weighted by Crippen LogP contribution is -2.23. The minimum Gasteiger partial charge on any atom is -0.307 e. The summed E-state index contributed by atoms with van der Waals surface area (Å²) in [6, 6.07) is 7.23. The topological polar surface area (TPSA) is 53.5 Å². The summed E-state index contributed by atoms with van der Waals surface area (Å²) in [6.07, 6.45) is 2.43. The Balaban J connectivity index is 2.44. The third kappa shape index (κ3) is 4.26. The van der Waals surface area contributed by atoms with Gasteiger partial charge in [0, 0.05) is 11.9 Å². The number of urea groups is 1. The van der Waals surface area contributed by atoms with Crippen LogP contribution in [0.15, 0.2) is 29.4 Å². The fourth-order valence-electron chi connectivity index (χ4n) is 0.991. The Bertz CT molecular complexity index is 343. The lowest BCUT2D eigenvalue weighted by atomic mass is 10.2. The standard InChI is InChI=1S/C11H15N3O/c1-3-8-12-14-11(15)13-10-6-4-9(2)5-7-10/h4-8H,3H2,1-2H3,(H2,13,14,15)/b12-8+. The summed E-state index contributed by atoms with van der Waals surface area (Å²) in [6.45, 7) is 3.94. The van der Waals surface area contributed by atoms with Gasteiger partial charge >= 0.3 is 6.03 Å². The zero-order valence-corrected chi connectivity index (χ0v) is 8.95. The number of carbonyl (C=O) groups is 1. The molecule has 4 heteroatoms. The van der Waals surface area contributed by atoms with Crippen LogP contribution in [-0.4, -0.2) is 12.2 Å². The summed E-state index contributed by atoms with van der Waals surface area (Å²) in [5.41, 5.74) is 4.28. The predicted molar refractivity (Wildman–Crippen MR) is 62.1 cm³/mol. The number of carbonyl (C=O) groups excluding carboxylic acids is 1. The van der Waals surface area contributed by atoms with Gasteiger partial charge in [0.05, 0.1) is 0 Å². The lowest BCUT2D eigenvalue weighted by Gasteiger charge is -2.03. The molecule has 0 aliphatic carbocycles. The smallest absolute Gasteiger partial charge is 0.307 e. The van der Waals surface area contributed by atoms with Gasteiger partial charge in [-0.25, -0.2) is 10.2 Å². The van der Waals surface area contributed by atoms with Crippen LogP contribution in [-0.2, 0) is 0 Å². The van der Waals surface area contributed by atoms with Crippen molar-refractivity contribution in [3.63, 3.8) is 0 Å². The molecule has 0 bridgehead atoms. The van der Waals surface area contributed by atoms with Gasteiger partial charge in [0.2, 0.25) is 0 Å². The maximum atomic E-state index is 11.2. The molecule has 80 valence electrons. The first-order valence-electron chi connectivity index (χ1n) is 4.87. The van der Waals surface area contributed by atoms with Crippen LogP contribution >= 0.6 is 0 Å². The minimum atomic E-state index is -0.330. The van der Waals surface area contributed by atoms with E-state index < -0.39 is 0 Å². The molecule has 0 atom stereocenters. The van der Waals surface area contributed by atoms with E-state index in [0.717, 1.165) is 17.7 Å². The number of anilines is 1. The molecule has 0 heterocycles. The molecule has 0 unspecified atom stereocenters. The highest BCUT2D eigenvalue weighted by Crippen LogP contribution is 2.07. The largest absolute Gasteiger partial charge is 0.339 e. The van der Waals surface area contributed by atoms with Crippen molar-refractivity contribution in [1.82, 2.24) is 5.43 Å². The SMILES string of the molecule is CC/C=N/NC(=O)Nc1ccc(C)cc1. The maximum Gasteiger partial charge on any atom is 0.339 e. The zero-order chi connectivity index (χ0) is 11.1. The second kappa shape index (κ2) is 5.80. The van der Waals surface area contributed by atoms with Crippen molar-refractivity contribution in [2.75, 3.05) is 5.32 Å². The molecule has 0 aromatic heterocycles. The number of amides is 2. The fraction of sp³-hybridized carbons (Fsp3) is 0.273. The van der Waals surface area contributed by atoms with E-state index in [1.54, 1.807) is 6.21 Å². The van der Waals surface area contributed by atoms with E-state index in [2.05, 4.69) is 15.8 Å². The molecule has 0 saturated carbocycles. The molecule has 1 rings (SSSR count). The summed E-state index contributed by atoms with van der Waals surface area (Å²) in [5, 5.41) is 6.38. The summed E-state index contributed by atoms with van der Waals surface area (Å²) < 4.78 is 0. The Kier molecular flexibility index (Phi) is 4.34. The average Bonchev–Trinajstić information content (AvgIpc) is 2.22. The molecule has 2 N–H and O–H groups in total. The normalized spacial score (nSPS) is 10.3. The van der Waals surface area contributed by atoms with Crippen LogP contribution < -0.4 is 10.7 Å². The first-order chi connectivity index (χ1) is 7.22. The highest BCUT2D eigenvalue weighted by molar-refractivity contribution is 5.89. The van der Waals surface area contributed by atoms with Crippen LogP contribution in [0.5, 0.6) is 0 Å². The molecule has 0 fully saturated rings. The summed E-state index contributed by atoms with van der Waals surface area (Å²) in [7, 11) is 0. The molecule has 0 aliphatic heterocycles. The number of hydrogen-bond acceptors (Lipinski definition) is 2. The molecule has 4 nitrogen and oxygen atoms in total. The van der Waals surface area contributed by atoms with Crippen molar-refractivity contribution in [3.8, 4) is 0 Å². The van der Waals surface area contributed by atoms with Gasteiger partial charge in [-0.3, -0.25) is 0 Å². The average molecular weight is 205 g/mol. The third-order valence-corrected chi connectivity index (χ3v) is 1.75. The zero-order valence-electron chi connectivity index (χ0n) is 8.95. The third-order valence-electron chi connectivity index (χ3n) is 1.75. The van der Waals surface area contributed by atoms with E-state index in [0.29, 0.717) is 0 Å². The van der Waals surface area contributed by atoms with E-state index in [1.165, 1.54) is 0 Å². The van der Waals surface area contributed by atoms with Crippen LogP contribution in [0.3, 0.4) is 0 Å². The van der Waals surface area contributed by atoms with Crippen molar-refractivity contribution in [1.29, 1.82) is 0 Å². The van der Waals surface area contributed by atoms with Crippen molar-refractivity contribution >= 4 is 17.9 Å². The van der Waals surface area contributed by atoms with E-state index >= 15 is 0 Å². The van der Waals surface area contributed by atoms with E-state index in [-0.39, 0.29) is 6.03 Å². The van der Waals surface area contributed by atoms with Crippen molar-refractivity contribution in [2.45, 2.75) is 20.3 Å². The summed E-state index contributed by atoms with van der Waals surface area (Å²) >= 11 is 0. The van der Waals surface area contributed by atoms with Crippen molar-refractivity contribution < 1.29 is 4.79 Å². The molecule has 0 spiro atoms. The predicted octanol–water partition coefficient (Wildman–Crippen LogP) is 2.51. The molecule has 1 aromatic carbocycles. The summed E-state index contributed by atoms with van der Waals surface area (Å²) in [5.74, 6) is 0. The van der Waals surface area contributed by atoms with Gasteiger partial charge in [-0.2, -0.15) is 5.10 Å². The van der Waals surface area contributed by atoms with Crippen LogP contribution in [0.1, 0.15) is 18.9 Å². The first-order valence-corrected chi connectivity index (χ1v) is 4.87. The molecule has 0 saturated heterocycles. The van der Waals surface area contributed by atoms with Crippen molar-refractivity contribution in [2.24, 2.45) is 5.10 Å². The highest BCUT2D eigenvalue weighted by atomic mass is 16.2. The Labute approximate surface area is 89.4 Å². The van der Waals surface area contributed by atoms with Crippen molar-refractivity contribution in [3.05, 3.63) is 29.8 Å². The minimum absolute atomic E-state index is 0.330. The molecule has 1 aromatic rings. The number of rotatable bonds is 3. The van der Waals surface area contributed by atoms with E-state index in [9.17, 15) is 4.79 Å². The number of hydrogen-bond donors (Lipinski definition) is 2. The Hall–Kier alpha value is -1.84. The number of nitrogens with one attached hydrogen (secondary N) is 2. The van der Waals surface area contributed by atoms with Gasteiger partial charge in [0.1, 0.15) is 0 Å². The van der Waals surface area contributed by atoms with Gasteiger partial charge in [-0.1, -0.05) is 24.6 Å². The van der Waals surface area contributed by atoms with Gasteiger partial charge in [0.25, 0.3) is 0 Å². The number of nitrogens with zero attached hydrogens (tertiary/aromatic N) is 1. The van der Waals surface area contributed by atoms with Crippen LogP contribution in [0.25, 0.3) is 0 Å². The molecule has 2 amide bonds. The second-order valence-electron chi connectivity index (χ2n) is 3.15. The van der Waals surface area contributed by atoms with E-state index in [1.807, 2.05) is 38.1 Å². The molecular formula is C11H15N3O. The Morgan fingerprint density at radius 3 is 2.67 bits per heavy atom. The van der Waals surface area contributed by atoms with Crippen LogP contribution in [0, 0.1) is 6.92 Å². The Morgan fingerprint density at radius 2 is 2.07 bits per heavy atom. The van der Waals surface area contributed by atoms with Crippen LogP contribution in [0.2, 0.25) is 0 Å². The molecule has 0 aliphatic rings. The van der Waals surface area contributed by atoms with Gasteiger partial charge < -0.3 is 5.32 Å². The van der Waals surface area contributed by atoms with Gasteiger partial charge in [-0.05, 0) is 25.5 Å². The fourth-order valence-corrected chi connectivity index (χ4v) is 0.991. The lowest BCUT2D eigenvalue weighted by molar-refractivity contribution is 0.252. The van der Waals surface area contributed by atoms with E-state index in [4.69, 9.17) is 0 Å². The monoisotopic (exact) mass is 205 g/mol. The van der Waals surface area contributed by atoms with Gasteiger partial charge in [-0.15, -0.1) is 0 Å². The highest BCUT2D eigenvalue weighted by Gasteiger charge is 1.98. The molecule has 15 heavy (non-hydrogen) atoms. The number of benzene rings is 1. The quantitative estimate of drug-likeness (QED) is 0.578. The molecular weight excluding hydrogens is 190 g/mol. The summed E-state index contributed by atoms with van der Waals surface area (Å²) in [4.78, 5) is 11.2. The maximum absolute atomic E-state index is 11.2. The molecule has 0 radical (unpaired) electrons. The van der Waals surface area contributed by atoms with Crippen LogP contribution in [0.4, 0.5) is 10.5 Å². The number of hydrazone groups is 1. The van der Waals surface area contributed by atoms with Gasteiger partial charge in [0.15, 0.2) is 0 Å². The second-order valence-corrected chi connectivity index (χ2v) is 3.15. The Morgan fingerprint density at radius 1 is 1.40 bits per heavy atom. The first kappa shape index (κ1) is 11.2.